The molecule has 0 aliphatic heterocycles. The van der Waals surface area contributed by atoms with Crippen molar-refractivity contribution < 1.29 is 23.1 Å². The Morgan fingerprint density at radius 3 is 2.17 bits per heavy atom. The molecule has 3 nitrogen and oxygen atoms in total. The quantitative estimate of drug-likeness (QED) is 0.534. The molecule has 0 saturated heterocycles. The Kier molecular flexibility index (Phi) is 4.33. The minimum Gasteiger partial charge on any atom is -0.454 e. The summed E-state index contributed by atoms with van der Waals surface area (Å²) in [4.78, 5) is 23.9. The van der Waals surface area contributed by atoms with Crippen molar-refractivity contribution in [2.24, 2.45) is 0 Å². The zero-order chi connectivity index (χ0) is 17.1. The Balaban J connectivity index is 1.71. The number of carbonyl (C=O) groups excluding carboxylic acids is 2. The van der Waals surface area contributed by atoms with E-state index in [0.717, 1.165) is 22.9 Å². The van der Waals surface area contributed by atoms with Gasteiger partial charge in [0.25, 0.3) is 0 Å². The highest BCUT2D eigenvalue weighted by atomic mass is 19.1. The van der Waals surface area contributed by atoms with E-state index in [2.05, 4.69) is 0 Å². The third kappa shape index (κ3) is 3.46. The molecule has 0 fully saturated rings. The molecular formula is C19H12F2O3. The topological polar surface area (TPSA) is 43.4 Å². The Morgan fingerprint density at radius 2 is 1.46 bits per heavy atom. The summed E-state index contributed by atoms with van der Waals surface area (Å²) in [7, 11) is 0. The molecule has 3 aromatic carbocycles. The molecule has 5 heteroatoms. The number of Topliss-reactive ketones (excluding diaryl/α,β-unsaturated/α-hetero) is 1. The number of fused-ring (bicyclic) bond motifs is 1. The summed E-state index contributed by atoms with van der Waals surface area (Å²) in [5, 5.41) is 1.88. The van der Waals surface area contributed by atoms with Gasteiger partial charge in [0.05, 0.1) is 5.56 Å². The second-order valence-electron chi connectivity index (χ2n) is 5.22. The summed E-state index contributed by atoms with van der Waals surface area (Å²) >= 11 is 0. The van der Waals surface area contributed by atoms with Crippen LogP contribution in [0.1, 0.15) is 20.7 Å². The number of rotatable bonds is 4. The van der Waals surface area contributed by atoms with E-state index in [4.69, 9.17) is 4.74 Å². The molecule has 0 aliphatic rings. The predicted molar refractivity (Wildman–Crippen MR) is 84.9 cm³/mol. The predicted octanol–water partition coefficient (Wildman–Crippen LogP) is 4.16. The highest BCUT2D eigenvalue weighted by Gasteiger charge is 2.14. The second-order valence-corrected chi connectivity index (χ2v) is 5.22. The lowest BCUT2D eigenvalue weighted by molar-refractivity contribution is 0.0474. The molecule has 3 aromatic rings. The second kappa shape index (κ2) is 6.58. The maximum atomic E-state index is 13.1. The van der Waals surface area contributed by atoms with E-state index in [9.17, 15) is 18.4 Å². The van der Waals surface area contributed by atoms with Crippen molar-refractivity contribution in [2.45, 2.75) is 0 Å². The molecule has 0 saturated carbocycles. The van der Waals surface area contributed by atoms with Crippen LogP contribution in [0.15, 0.2) is 60.7 Å². The first-order valence-corrected chi connectivity index (χ1v) is 7.18. The molecule has 0 radical (unpaired) electrons. The molecule has 0 N–H and O–H groups in total. The van der Waals surface area contributed by atoms with Crippen LogP contribution in [0.4, 0.5) is 8.78 Å². The fraction of sp³-hybridized carbons (Fsp3) is 0.0526. The number of halogens is 2. The molecule has 0 aromatic heterocycles. The van der Waals surface area contributed by atoms with Crippen LogP contribution in [0.5, 0.6) is 0 Å². The van der Waals surface area contributed by atoms with Crippen LogP contribution in [0.2, 0.25) is 0 Å². The number of carbonyl (C=O) groups is 2. The average molecular weight is 326 g/mol. The number of hydrogen-bond donors (Lipinski definition) is 0. The van der Waals surface area contributed by atoms with Crippen molar-refractivity contribution >= 4 is 22.5 Å². The van der Waals surface area contributed by atoms with Crippen LogP contribution < -0.4 is 0 Å². The fourth-order valence-corrected chi connectivity index (χ4v) is 2.33. The van der Waals surface area contributed by atoms with Crippen LogP contribution in [0.25, 0.3) is 10.8 Å². The first-order valence-electron chi connectivity index (χ1n) is 7.18. The number of benzene rings is 3. The van der Waals surface area contributed by atoms with Crippen molar-refractivity contribution in [2.75, 3.05) is 6.61 Å². The minimum atomic E-state index is -0.956. The molecule has 0 aliphatic carbocycles. The summed E-state index contributed by atoms with van der Waals surface area (Å²) in [5.41, 5.74) is 0.116. The van der Waals surface area contributed by atoms with Gasteiger partial charge in [-0.25, -0.2) is 13.6 Å². The average Bonchev–Trinajstić information content (AvgIpc) is 2.58. The van der Waals surface area contributed by atoms with Gasteiger partial charge in [0.15, 0.2) is 12.4 Å². The van der Waals surface area contributed by atoms with Gasteiger partial charge in [0, 0.05) is 11.6 Å². The van der Waals surface area contributed by atoms with Crippen LogP contribution in [-0.4, -0.2) is 18.4 Å². The van der Waals surface area contributed by atoms with E-state index in [1.165, 1.54) is 0 Å². The number of ketones is 1. The molecule has 120 valence electrons. The molecule has 0 amide bonds. The van der Waals surface area contributed by atoms with E-state index < -0.39 is 30.0 Å². The maximum absolute atomic E-state index is 13.1. The van der Waals surface area contributed by atoms with Gasteiger partial charge in [-0.15, -0.1) is 0 Å². The van der Waals surface area contributed by atoms with Crippen molar-refractivity contribution in [3.8, 4) is 0 Å². The number of esters is 1. The molecule has 0 atom stereocenters. The van der Waals surface area contributed by atoms with Gasteiger partial charge in [0.1, 0.15) is 11.6 Å². The summed E-state index contributed by atoms with van der Waals surface area (Å²) < 4.78 is 31.0. The van der Waals surface area contributed by atoms with E-state index in [1.807, 2.05) is 24.3 Å². The van der Waals surface area contributed by atoms with Crippen molar-refractivity contribution in [1.29, 1.82) is 0 Å². The van der Waals surface area contributed by atoms with Gasteiger partial charge in [-0.3, -0.25) is 4.79 Å². The lowest BCUT2D eigenvalue weighted by atomic mass is 10.0. The van der Waals surface area contributed by atoms with Crippen molar-refractivity contribution in [3.63, 3.8) is 0 Å². The lowest BCUT2D eigenvalue weighted by Crippen LogP contribution is -2.14. The highest BCUT2D eigenvalue weighted by molar-refractivity contribution is 6.02. The lowest BCUT2D eigenvalue weighted by Gasteiger charge is -2.06. The van der Waals surface area contributed by atoms with Crippen LogP contribution in [-0.2, 0) is 4.74 Å². The molecule has 0 bridgehead atoms. The van der Waals surface area contributed by atoms with Crippen LogP contribution >= 0.6 is 0 Å². The standard InChI is InChI=1S/C19H12F2O3/c20-16-8-15(9-17(21)10-16)19(23)24-11-18(22)14-6-5-12-3-1-2-4-13(12)7-14/h1-10H,11H2. The van der Waals surface area contributed by atoms with Gasteiger partial charge in [-0.05, 0) is 29.0 Å². The first-order chi connectivity index (χ1) is 11.5. The molecular weight excluding hydrogens is 314 g/mol. The SMILES string of the molecule is O=C(COC(=O)c1cc(F)cc(F)c1)c1ccc2ccccc2c1. The molecule has 0 heterocycles. The normalized spacial score (nSPS) is 10.6. The summed E-state index contributed by atoms with van der Waals surface area (Å²) in [6, 6.07) is 15.0. The van der Waals surface area contributed by atoms with Gasteiger partial charge < -0.3 is 4.74 Å². The van der Waals surface area contributed by atoms with Crippen molar-refractivity contribution in [3.05, 3.63) is 83.4 Å². The van der Waals surface area contributed by atoms with Crippen molar-refractivity contribution in [1.82, 2.24) is 0 Å². The first kappa shape index (κ1) is 15.8. The van der Waals surface area contributed by atoms with Gasteiger partial charge in [-0.1, -0.05) is 36.4 Å². The number of ether oxygens (including phenoxy) is 1. The van der Waals surface area contributed by atoms with E-state index in [0.29, 0.717) is 11.6 Å². The van der Waals surface area contributed by atoms with E-state index >= 15 is 0 Å². The smallest absolute Gasteiger partial charge is 0.338 e. The third-order valence-corrected chi connectivity index (χ3v) is 3.50. The fourth-order valence-electron chi connectivity index (χ4n) is 2.33. The Hall–Kier alpha value is -3.08. The van der Waals surface area contributed by atoms with Gasteiger partial charge >= 0.3 is 5.97 Å². The Morgan fingerprint density at radius 1 is 0.792 bits per heavy atom. The van der Waals surface area contributed by atoms with Gasteiger partial charge in [0.2, 0.25) is 0 Å². The molecule has 0 spiro atoms. The zero-order valence-electron chi connectivity index (χ0n) is 12.5. The summed E-state index contributed by atoms with van der Waals surface area (Å²) in [6.07, 6.45) is 0. The third-order valence-electron chi connectivity index (χ3n) is 3.50. The summed E-state index contributed by atoms with van der Waals surface area (Å²) in [5.74, 6) is -3.13. The molecule has 3 rings (SSSR count). The van der Waals surface area contributed by atoms with Crippen LogP contribution in [0.3, 0.4) is 0 Å². The highest BCUT2D eigenvalue weighted by Crippen LogP contribution is 2.16. The minimum absolute atomic E-state index is 0.279. The number of hydrogen-bond acceptors (Lipinski definition) is 3. The van der Waals surface area contributed by atoms with Gasteiger partial charge in [-0.2, -0.15) is 0 Å². The summed E-state index contributed by atoms with van der Waals surface area (Å²) in [6.45, 7) is -0.505. The monoisotopic (exact) mass is 326 g/mol. The Bertz CT molecular complexity index is 915. The van der Waals surface area contributed by atoms with Crippen LogP contribution in [0, 0.1) is 11.6 Å². The molecule has 24 heavy (non-hydrogen) atoms. The largest absolute Gasteiger partial charge is 0.454 e. The van der Waals surface area contributed by atoms with E-state index in [-0.39, 0.29) is 5.56 Å². The zero-order valence-corrected chi connectivity index (χ0v) is 12.5. The Labute approximate surface area is 136 Å². The molecule has 0 unspecified atom stereocenters. The maximum Gasteiger partial charge on any atom is 0.338 e. The van der Waals surface area contributed by atoms with E-state index in [1.54, 1.807) is 18.2 Å².